The second-order valence-corrected chi connectivity index (χ2v) is 4.73. The summed E-state index contributed by atoms with van der Waals surface area (Å²) in [6.07, 6.45) is 0. The molecule has 1 saturated heterocycles. The normalized spacial score (nSPS) is 25.6. The fourth-order valence-corrected chi connectivity index (χ4v) is 2.54. The molecule has 3 N–H and O–H groups in total. The highest BCUT2D eigenvalue weighted by molar-refractivity contribution is 5.83. The van der Waals surface area contributed by atoms with Crippen LogP contribution in [0.2, 0.25) is 0 Å². The quantitative estimate of drug-likeness (QED) is 0.651. The number of fused-ring (bicyclic) bond motifs is 2. The van der Waals surface area contributed by atoms with E-state index in [1.54, 1.807) is 12.1 Å². The number of carbonyl (C=O) groups excluding carboxylic acids is 1. The molecule has 2 aliphatic heterocycles. The number of nitrogens with one attached hydrogen (secondary N) is 2. The van der Waals surface area contributed by atoms with E-state index in [-0.39, 0.29) is 11.8 Å². The molecule has 1 atom stereocenters. The van der Waals surface area contributed by atoms with E-state index in [2.05, 4.69) is 10.6 Å². The zero-order valence-corrected chi connectivity index (χ0v) is 10.2. The van der Waals surface area contributed by atoms with Gasteiger partial charge in [-0.25, -0.2) is 4.79 Å². The minimum Gasteiger partial charge on any atom is -0.508 e. The first-order chi connectivity index (χ1) is 8.49. The molecule has 5 heteroatoms. The van der Waals surface area contributed by atoms with Crippen molar-refractivity contribution in [2.45, 2.75) is 19.6 Å². The zero-order chi connectivity index (χ0) is 12.9. The Morgan fingerprint density at radius 1 is 1.44 bits per heavy atom. The van der Waals surface area contributed by atoms with Crippen LogP contribution in [0.3, 0.4) is 0 Å². The highest BCUT2D eigenvalue weighted by atomic mass is 16.5. The third-order valence-corrected chi connectivity index (χ3v) is 3.49. The van der Waals surface area contributed by atoms with Crippen LogP contribution in [-0.2, 0) is 0 Å². The predicted octanol–water partition coefficient (Wildman–Crippen LogP) is 1.59. The third kappa shape index (κ3) is 1.44. The van der Waals surface area contributed by atoms with Crippen LogP contribution in [-0.4, -0.2) is 23.4 Å². The van der Waals surface area contributed by atoms with Crippen LogP contribution < -0.4 is 15.4 Å². The Kier molecular flexibility index (Phi) is 2.08. The Hall–Kier alpha value is -2.17. The highest BCUT2D eigenvalue weighted by Gasteiger charge is 2.41. The van der Waals surface area contributed by atoms with E-state index >= 15 is 0 Å². The molecule has 0 saturated carbocycles. The number of ether oxygens (including phenoxy) is 1. The lowest BCUT2D eigenvalue weighted by atomic mass is 9.89. The molecule has 1 aromatic rings. The van der Waals surface area contributed by atoms with E-state index in [9.17, 15) is 9.90 Å². The molecule has 2 heterocycles. The minimum absolute atomic E-state index is 0.147. The number of hydrogen-bond donors (Lipinski definition) is 3. The maximum Gasteiger partial charge on any atom is 0.318 e. The second kappa shape index (κ2) is 3.41. The van der Waals surface area contributed by atoms with Crippen molar-refractivity contribution >= 4 is 11.6 Å². The molecule has 1 fully saturated rings. The molecule has 1 unspecified atom stereocenters. The van der Waals surface area contributed by atoms with Gasteiger partial charge >= 0.3 is 6.03 Å². The second-order valence-electron chi connectivity index (χ2n) is 4.73. The van der Waals surface area contributed by atoms with Crippen LogP contribution in [0.5, 0.6) is 11.5 Å². The van der Waals surface area contributed by atoms with Crippen molar-refractivity contribution in [1.82, 2.24) is 10.6 Å². The smallest absolute Gasteiger partial charge is 0.318 e. The maximum atomic E-state index is 11.4. The summed E-state index contributed by atoms with van der Waals surface area (Å²) in [7, 11) is 0. The van der Waals surface area contributed by atoms with Crippen molar-refractivity contribution in [3.8, 4) is 11.5 Å². The summed E-state index contributed by atoms with van der Waals surface area (Å²) in [5, 5.41) is 15.0. The average Bonchev–Trinajstić information content (AvgIpc) is 2.26. The number of allylic oxidation sites excluding steroid dienone is 1. The van der Waals surface area contributed by atoms with E-state index in [4.69, 9.17) is 4.74 Å². The number of phenols is 1. The number of hydrogen-bond acceptors (Lipinski definition) is 3. The van der Waals surface area contributed by atoms with Gasteiger partial charge in [0.15, 0.2) is 0 Å². The lowest BCUT2D eigenvalue weighted by molar-refractivity contribution is 0.0833. The van der Waals surface area contributed by atoms with Crippen molar-refractivity contribution < 1.29 is 14.6 Å². The number of aromatic hydroxyl groups is 1. The number of benzene rings is 1. The van der Waals surface area contributed by atoms with Gasteiger partial charge in [-0.2, -0.15) is 0 Å². The van der Waals surface area contributed by atoms with Gasteiger partial charge in [-0.1, -0.05) is 0 Å². The lowest BCUT2D eigenvalue weighted by Gasteiger charge is -2.42. The highest BCUT2D eigenvalue weighted by Crippen LogP contribution is 2.41. The predicted molar refractivity (Wildman–Crippen MR) is 66.3 cm³/mol. The molecule has 3 rings (SSSR count). The van der Waals surface area contributed by atoms with Crippen molar-refractivity contribution in [1.29, 1.82) is 0 Å². The molecule has 2 aliphatic rings. The van der Waals surface area contributed by atoms with Crippen molar-refractivity contribution in [3.05, 3.63) is 29.3 Å². The van der Waals surface area contributed by atoms with Crippen LogP contribution >= 0.6 is 0 Å². The number of phenolic OH excluding ortho intramolecular Hbond substituents is 1. The van der Waals surface area contributed by atoms with Crippen molar-refractivity contribution in [2.24, 2.45) is 0 Å². The molecule has 94 valence electrons. The molecule has 0 aromatic heterocycles. The maximum absolute atomic E-state index is 11.4. The van der Waals surface area contributed by atoms with Crippen LogP contribution in [0.25, 0.3) is 5.57 Å². The van der Waals surface area contributed by atoms with Gasteiger partial charge in [-0.15, -0.1) is 0 Å². The molecule has 5 nitrogen and oxygen atoms in total. The van der Waals surface area contributed by atoms with Gasteiger partial charge in [0.1, 0.15) is 11.5 Å². The Labute approximate surface area is 104 Å². The van der Waals surface area contributed by atoms with Crippen LogP contribution in [0.4, 0.5) is 4.79 Å². The Bertz CT molecular complexity index is 580. The van der Waals surface area contributed by atoms with Crippen LogP contribution in [0.1, 0.15) is 19.4 Å². The Balaban J connectivity index is 2.17. The van der Waals surface area contributed by atoms with Gasteiger partial charge in [0.2, 0.25) is 5.72 Å². The Morgan fingerprint density at radius 2 is 2.22 bits per heavy atom. The monoisotopic (exact) mass is 246 g/mol. The summed E-state index contributed by atoms with van der Waals surface area (Å²) in [6, 6.07) is 4.76. The van der Waals surface area contributed by atoms with Gasteiger partial charge in [-0.05, 0) is 31.6 Å². The van der Waals surface area contributed by atoms with Gasteiger partial charge in [0.05, 0.1) is 0 Å². The number of amides is 2. The molecule has 0 spiro atoms. The largest absolute Gasteiger partial charge is 0.508 e. The van der Waals surface area contributed by atoms with Gasteiger partial charge in [-0.3, -0.25) is 5.32 Å². The first-order valence-corrected chi connectivity index (χ1v) is 5.78. The number of urea groups is 1. The summed E-state index contributed by atoms with van der Waals surface area (Å²) in [5.74, 6) is 0.731. The fraction of sp³-hybridized carbons (Fsp3) is 0.308. The van der Waals surface area contributed by atoms with Gasteiger partial charge < -0.3 is 15.2 Å². The first-order valence-electron chi connectivity index (χ1n) is 5.78. The van der Waals surface area contributed by atoms with E-state index in [1.165, 1.54) is 0 Å². The van der Waals surface area contributed by atoms with Crippen LogP contribution in [0.15, 0.2) is 23.8 Å². The fourth-order valence-electron chi connectivity index (χ4n) is 2.54. The van der Waals surface area contributed by atoms with E-state index in [0.717, 1.165) is 16.7 Å². The summed E-state index contributed by atoms with van der Waals surface area (Å²) in [4.78, 5) is 11.4. The van der Waals surface area contributed by atoms with E-state index < -0.39 is 5.72 Å². The first kappa shape index (κ1) is 11.0. The van der Waals surface area contributed by atoms with Gasteiger partial charge in [0, 0.05) is 23.7 Å². The zero-order valence-electron chi connectivity index (χ0n) is 10.2. The summed E-state index contributed by atoms with van der Waals surface area (Å²) < 4.78 is 5.86. The van der Waals surface area contributed by atoms with Crippen LogP contribution in [0, 0.1) is 0 Å². The Morgan fingerprint density at radius 3 is 3.00 bits per heavy atom. The number of carbonyl (C=O) groups is 1. The molecule has 0 radical (unpaired) electrons. The van der Waals surface area contributed by atoms with E-state index in [1.807, 2.05) is 19.9 Å². The van der Waals surface area contributed by atoms with Gasteiger partial charge in [0.25, 0.3) is 0 Å². The van der Waals surface area contributed by atoms with Crippen molar-refractivity contribution in [3.63, 3.8) is 0 Å². The molecule has 18 heavy (non-hydrogen) atoms. The van der Waals surface area contributed by atoms with E-state index in [0.29, 0.717) is 12.3 Å². The molecule has 0 aliphatic carbocycles. The lowest BCUT2D eigenvalue weighted by Crippen LogP contribution is -2.62. The average molecular weight is 246 g/mol. The summed E-state index contributed by atoms with van der Waals surface area (Å²) in [5.41, 5.74) is 2.16. The molecular formula is C13H14N2O3. The minimum atomic E-state index is -0.840. The summed E-state index contributed by atoms with van der Waals surface area (Å²) >= 11 is 0. The topological polar surface area (TPSA) is 70.6 Å². The molecule has 0 bridgehead atoms. The third-order valence-electron chi connectivity index (χ3n) is 3.49. The summed E-state index contributed by atoms with van der Waals surface area (Å²) in [6.45, 7) is 4.27. The molecular weight excluding hydrogens is 232 g/mol. The standard InChI is InChI=1S/C13H14N2O3/c1-7-9-4-3-8(16)5-11(9)18-13(2)10(7)6-14-12(17)15-13/h3-5,16H,6H2,1-2H3,(H2,14,15,17). The molecule has 2 amide bonds. The SMILES string of the molecule is CC1=C2CNC(=O)NC2(C)Oc2cc(O)ccc21. The molecule has 1 aromatic carbocycles. The number of rotatable bonds is 0. The van der Waals surface area contributed by atoms with Crippen molar-refractivity contribution in [2.75, 3.05) is 6.54 Å².